The Bertz CT molecular complexity index is 1450. The van der Waals surface area contributed by atoms with Gasteiger partial charge in [0.15, 0.2) is 0 Å². The lowest BCUT2D eigenvalue weighted by Gasteiger charge is -2.12. The van der Waals surface area contributed by atoms with Gasteiger partial charge in [-0.3, -0.25) is 9.59 Å². The second-order valence-electron chi connectivity index (χ2n) is 8.62. The van der Waals surface area contributed by atoms with Crippen molar-refractivity contribution >= 4 is 52.4 Å². The number of likely N-dealkylation sites (N-methyl/N-ethyl adjacent to an activating group) is 1. The van der Waals surface area contributed by atoms with E-state index < -0.39 is 17.6 Å². The standard InChI is InChI=1S/C26H23ClF3N5O2.ClH/c1-34(2)15-24(36)31-13-16-6-11-21(27)19(12-16)25(37)33-22-4-3-5-23-20(22)14-32-35(23)18-9-7-17(8-10-18)26(28,29)30;/h3-12,14H,13,15H2,1-2H3,(H,31,36)(H,33,37);1H. The van der Waals surface area contributed by atoms with Gasteiger partial charge < -0.3 is 15.5 Å². The van der Waals surface area contributed by atoms with Crippen molar-refractivity contribution in [2.45, 2.75) is 12.7 Å². The molecule has 3 aromatic carbocycles. The quantitative estimate of drug-likeness (QED) is 0.308. The molecule has 38 heavy (non-hydrogen) atoms. The zero-order valence-corrected chi connectivity index (χ0v) is 21.9. The zero-order chi connectivity index (χ0) is 26.7. The first kappa shape index (κ1) is 29.0. The van der Waals surface area contributed by atoms with Crippen molar-refractivity contribution in [3.63, 3.8) is 0 Å². The van der Waals surface area contributed by atoms with Gasteiger partial charge in [0.05, 0.1) is 45.8 Å². The Morgan fingerprint density at radius 1 is 1.05 bits per heavy atom. The summed E-state index contributed by atoms with van der Waals surface area (Å²) in [5, 5.41) is 10.8. The van der Waals surface area contributed by atoms with E-state index in [2.05, 4.69) is 15.7 Å². The number of halogens is 5. The van der Waals surface area contributed by atoms with Gasteiger partial charge in [-0.25, -0.2) is 4.68 Å². The number of rotatable bonds is 7. The molecule has 2 N–H and O–H groups in total. The van der Waals surface area contributed by atoms with Gasteiger partial charge >= 0.3 is 6.18 Å². The largest absolute Gasteiger partial charge is 0.416 e. The van der Waals surface area contributed by atoms with Crippen molar-refractivity contribution in [2.75, 3.05) is 26.0 Å². The normalized spacial score (nSPS) is 11.3. The van der Waals surface area contributed by atoms with Crippen molar-refractivity contribution in [3.8, 4) is 5.69 Å². The molecule has 1 aromatic heterocycles. The van der Waals surface area contributed by atoms with Gasteiger partial charge in [-0.15, -0.1) is 12.4 Å². The number of alkyl halides is 3. The molecular formula is C26H24Cl2F3N5O2. The van der Waals surface area contributed by atoms with Gasteiger partial charge in [0.2, 0.25) is 5.91 Å². The number of anilines is 1. The van der Waals surface area contributed by atoms with Crippen molar-refractivity contribution in [3.05, 3.63) is 88.6 Å². The summed E-state index contributed by atoms with van der Waals surface area (Å²) in [5.41, 5.74) is 1.68. The van der Waals surface area contributed by atoms with Crippen LogP contribution in [0, 0.1) is 0 Å². The molecule has 7 nitrogen and oxygen atoms in total. The topological polar surface area (TPSA) is 79.3 Å². The summed E-state index contributed by atoms with van der Waals surface area (Å²) in [4.78, 5) is 26.8. The Morgan fingerprint density at radius 3 is 2.42 bits per heavy atom. The highest BCUT2D eigenvalue weighted by molar-refractivity contribution is 6.34. The number of carbonyl (C=O) groups excluding carboxylic acids is 2. The van der Waals surface area contributed by atoms with Crippen LogP contribution in [0.2, 0.25) is 5.02 Å². The maximum atomic E-state index is 13.1. The summed E-state index contributed by atoms with van der Waals surface area (Å²) in [7, 11) is 3.58. The number of hydrogen-bond acceptors (Lipinski definition) is 4. The van der Waals surface area contributed by atoms with E-state index in [4.69, 9.17) is 11.6 Å². The second-order valence-corrected chi connectivity index (χ2v) is 9.03. The van der Waals surface area contributed by atoms with Crippen LogP contribution in [-0.4, -0.2) is 47.1 Å². The summed E-state index contributed by atoms with van der Waals surface area (Å²) < 4.78 is 40.2. The van der Waals surface area contributed by atoms with Gasteiger partial charge in [0.25, 0.3) is 5.91 Å². The third-order valence-corrected chi connectivity index (χ3v) is 5.86. The number of fused-ring (bicyclic) bond motifs is 1. The molecule has 2 amide bonds. The molecule has 0 spiro atoms. The molecule has 0 radical (unpaired) electrons. The highest BCUT2D eigenvalue weighted by Gasteiger charge is 2.30. The third-order valence-electron chi connectivity index (χ3n) is 5.53. The van der Waals surface area contributed by atoms with E-state index in [9.17, 15) is 22.8 Å². The lowest BCUT2D eigenvalue weighted by atomic mass is 10.1. The minimum atomic E-state index is -4.43. The van der Waals surface area contributed by atoms with Crippen molar-refractivity contribution in [1.82, 2.24) is 20.0 Å². The van der Waals surface area contributed by atoms with Crippen LogP contribution in [0.15, 0.2) is 66.9 Å². The van der Waals surface area contributed by atoms with Crippen LogP contribution in [0.3, 0.4) is 0 Å². The second kappa shape index (κ2) is 11.8. The number of aromatic nitrogens is 2. The number of nitrogens with one attached hydrogen (secondary N) is 2. The zero-order valence-electron chi connectivity index (χ0n) is 20.3. The van der Waals surface area contributed by atoms with Crippen molar-refractivity contribution in [1.29, 1.82) is 0 Å². The van der Waals surface area contributed by atoms with Crippen molar-refractivity contribution in [2.24, 2.45) is 0 Å². The first-order chi connectivity index (χ1) is 17.5. The predicted molar refractivity (Wildman–Crippen MR) is 143 cm³/mol. The molecular weight excluding hydrogens is 542 g/mol. The average Bonchev–Trinajstić information content (AvgIpc) is 3.28. The van der Waals surface area contributed by atoms with E-state index in [1.807, 2.05) is 0 Å². The summed E-state index contributed by atoms with van der Waals surface area (Å²) >= 11 is 6.28. The van der Waals surface area contributed by atoms with Crippen LogP contribution in [0.4, 0.5) is 18.9 Å². The fourth-order valence-electron chi connectivity index (χ4n) is 3.75. The Balaban J connectivity index is 0.00000400. The monoisotopic (exact) mass is 565 g/mol. The van der Waals surface area contributed by atoms with Crippen LogP contribution in [-0.2, 0) is 17.5 Å². The highest BCUT2D eigenvalue weighted by Crippen LogP contribution is 2.31. The number of hydrogen-bond donors (Lipinski definition) is 2. The fourth-order valence-corrected chi connectivity index (χ4v) is 3.95. The number of benzene rings is 3. The van der Waals surface area contributed by atoms with Crippen LogP contribution in [0.5, 0.6) is 0 Å². The average molecular weight is 566 g/mol. The maximum Gasteiger partial charge on any atom is 0.416 e. The van der Waals surface area contributed by atoms with Crippen LogP contribution >= 0.6 is 24.0 Å². The summed E-state index contributed by atoms with van der Waals surface area (Å²) in [6, 6.07) is 14.7. The Morgan fingerprint density at radius 2 is 1.76 bits per heavy atom. The van der Waals surface area contributed by atoms with Crippen LogP contribution < -0.4 is 10.6 Å². The minimum Gasteiger partial charge on any atom is -0.351 e. The summed E-state index contributed by atoms with van der Waals surface area (Å²) in [5.74, 6) is -0.607. The molecule has 0 saturated heterocycles. The summed E-state index contributed by atoms with van der Waals surface area (Å²) in [6.07, 6.45) is -2.90. The number of nitrogens with zero attached hydrogens (tertiary/aromatic N) is 3. The van der Waals surface area contributed by atoms with E-state index in [-0.39, 0.29) is 42.0 Å². The molecule has 0 aliphatic heterocycles. The van der Waals surface area contributed by atoms with Gasteiger partial charge in [0.1, 0.15) is 0 Å². The fraction of sp³-hybridized carbons (Fsp3) is 0.192. The molecule has 4 rings (SSSR count). The Labute approximate surface area is 228 Å². The molecule has 0 aliphatic carbocycles. The molecule has 0 saturated carbocycles. The first-order valence-corrected chi connectivity index (χ1v) is 11.6. The van der Waals surface area contributed by atoms with E-state index in [1.165, 1.54) is 23.0 Å². The smallest absolute Gasteiger partial charge is 0.351 e. The lowest BCUT2D eigenvalue weighted by Crippen LogP contribution is -2.32. The van der Waals surface area contributed by atoms with Crippen molar-refractivity contribution < 1.29 is 22.8 Å². The molecule has 0 unspecified atom stereocenters. The Kier molecular flexibility index (Phi) is 9.03. The molecule has 0 fully saturated rings. The maximum absolute atomic E-state index is 13.1. The van der Waals surface area contributed by atoms with Crippen LogP contribution in [0.25, 0.3) is 16.6 Å². The Hall–Kier alpha value is -3.60. The lowest BCUT2D eigenvalue weighted by molar-refractivity contribution is -0.137. The van der Waals surface area contributed by atoms with E-state index >= 15 is 0 Å². The number of amides is 2. The molecule has 12 heteroatoms. The molecule has 1 heterocycles. The summed E-state index contributed by atoms with van der Waals surface area (Å²) in [6.45, 7) is 0.477. The molecule has 0 atom stereocenters. The molecule has 0 aliphatic rings. The minimum absolute atomic E-state index is 0. The molecule has 4 aromatic rings. The number of carbonyl (C=O) groups is 2. The van der Waals surface area contributed by atoms with E-state index in [0.29, 0.717) is 27.8 Å². The van der Waals surface area contributed by atoms with Gasteiger partial charge in [-0.05, 0) is 68.2 Å². The first-order valence-electron chi connectivity index (χ1n) is 11.2. The molecule has 0 bridgehead atoms. The molecule has 200 valence electrons. The van der Waals surface area contributed by atoms with E-state index in [1.54, 1.807) is 55.4 Å². The van der Waals surface area contributed by atoms with Gasteiger partial charge in [-0.2, -0.15) is 18.3 Å². The predicted octanol–water partition coefficient (Wildman–Crippen LogP) is 5.55. The van der Waals surface area contributed by atoms with Gasteiger partial charge in [-0.1, -0.05) is 23.7 Å². The SMILES string of the molecule is CN(C)CC(=O)NCc1ccc(Cl)c(C(=O)Nc2cccc3c2cnn3-c2ccc(C(F)(F)F)cc2)c1.Cl. The van der Waals surface area contributed by atoms with Crippen LogP contribution in [0.1, 0.15) is 21.5 Å². The van der Waals surface area contributed by atoms with E-state index in [0.717, 1.165) is 12.1 Å². The van der Waals surface area contributed by atoms with Gasteiger partial charge in [0, 0.05) is 11.9 Å². The third kappa shape index (κ3) is 6.63. The highest BCUT2D eigenvalue weighted by atomic mass is 35.5.